The van der Waals surface area contributed by atoms with Gasteiger partial charge in [-0.2, -0.15) is 0 Å². The van der Waals surface area contributed by atoms with Crippen molar-refractivity contribution in [1.82, 2.24) is 0 Å². The maximum absolute atomic E-state index is 12.2. The lowest BCUT2D eigenvalue weighted by Gasteiger charge is -2.22. The lowest BCUT2D eigenvalue weighted by molar-refractivity contribution is -0.114. The molecule has 132 valence electrons. The van der Waals surface area contributed by atoms with Gasteiger partial charge in [-0.25, -0.2) is 0 Å². The van der Waals surface area contributed by atoms with Crippen molar-refractivity contribution in [3.63, 3.8) is 0 Å². The Bertz CT molecular complexity index is 736. The molecule has 0 fully saturated rings. The summed E-state index contributed by atoms with van der Waals surface area (Å²) in [5.74, 6) is -0.392. The predicted molar refractivity (Wildman–Crippen MR) is 104 cm³/mol. The third-order valence-electron chi connectivity index (χ3n) is 4.70. The molecule has 2 atom stereocenters. The first-order valence-electron chi connectivity index (χ1n) is 8.66. The molecule has 1 aliphatic carbocycles. The van der Waals surface area contributed by atoms with Crippen molar-refractivity contribution in [3.8, 4) is 0 Å². The maximum Gasteiger partial charge on any atom is 0.229 e. The maximum atomic E-state index is 12.2. The summed E-state index contributed by atoms with van der Waals surface area (Å²) in [6.45, 7) is 8.07. The number of carbonyl (C=O) groups excluding carboxylic acids is 2. The molecule has 25 heavy (non-hydrogen) atoms. The van der Waals surface area contributed by atoms with Crippen molar-refractivity contribution >= 4 is 22.6 Å². The number of Topliss-reactive ketones (excluding diaryl/α,β-unsaturated/α-hetero) is 1. The molecule has 2 unspecified atom stereocenters. The van der Waals surface area contributed by atoms with Gasteiger partial charge >= 0.3 is 0 Å². The Labute approximate surface area is 155 Å². The van der Waals surface area contributed by atoms with Crippen molar-refractivity contribution in [3.05, 3.63) is 71.3 Å². The Hall–Kier alpha value is -1.93. The number of benzene rings is 1. The van der Waals surface area contributed by atoms with Gasteiger partial charge in [0.2, 0.25) is 5.24 Å². The highest BCUT2D eigenvalue weighted by atomic mass is 35.5. The predicted octanol–water partition coefficient (Wildman–Crippen LogP) is 5.84. The summed E-state index contributed by atoms with van der Waals surface area (Å²) in [4.78, 5) is 23.9. The lowest BCUT2D eigenvalue weighted by atomic mass is 9.82. The van der Waals surface area contributed by atoms with Crippen LogP contribution < -0.4 is 0 Å². The van der Waals surface area contributed by atoms with Crippen LogP contribution in [0.25, 0.3) is 0 Å². The molecule has 0 aromatic heterocycles. The molecule has 0 radical (unpaired) electrons. The standard InChI is InChI=1S/C22H25ClO2/c1-5-19(24)17-10-8-16(9-11-17)15(2)20(21(23)25)18-7-6-13-22(3,4)14-12-18/h6-15,20H,5H2,1-4H3. The van der Waals surface area contributed by atoms with Gasteiger partial charge in [-0.05, 0) is 28.7 Å². The van der Waals surface area contributed by atoms with Crippen molar-refractivity contribution in [2.24, 2.45) is 11.3 Å². The molecule has 1 aromatic carbocycles. The van der Waals surface area contributed by atoms with Gasteiger partial charge in [0.15, 0.2) is 5.78 Å². The second-order valence-corrected chi connectivity index (χ2v) is 7.52. The fourth-order valence-corrected chi connectivity index (χ4v) is 3.34. The van der Waals surface area contributed by atoms with Gasteiger partial charge in [-0.1, -0.05) is 82.3 Å². The average Bonchev–Trinajstić information content (AvgIpc) is 2.75. The monoisotopic (exact) mass is 356 g/mol. The molecule has 1 aliphatic rings. The average molecular weight is 357 g/mol. The summed E-state index contributed by atoms with van der Waals surface area (Å²) in [5, 5.41) is -0.370. The third kappa shape index (κ3) is 4.79. The highest BCUT2D eigenvalue weighted by Crippen LogP contribution is 2.35. The summed E-state index contributed by atoms with van der Waals surface area (Å²) in [6.07, 6.45) is 10.6. The number of halogens is 1. The molecule has 2 nitrogen and oxygen atoms in total. The molecular weight excluding hydrogens is 332 g/mol. The van der Waals surface area contributed by atoms with Crippen molar-refractivity contribution in [2.45, 2.75) is 40.0 Å². The highest BCUT2D eigenvalue weighted by Gasteiger charge is 2.28. The van der Waals surface area contributed by atoms with Crippen LogP contribution in [-0.2, 0) is 4.79 Å². The molecule has 0 spiro atoms. The quantitative estimate of drug-likeness (QED) is 0.473. The minimum Gasteiger partial charge on any atom is -0.294 e. The van der Waals surface area contributed by atoms with E-state index >= 15 is 0 Å². The Morgan fingerprint density at radius 3 is 2.32 bits per heavy atom. The first-order chi connectivity index (χ1) is 11.7. The summed E-state index contributed by atoms with van der Waals surface area (Å²) >= 11 is 5.96. The number of hydrogen-bond donors (Lipinski definition) is 0. The SMILES string of the molecule is CCC(=O)c1ccc(C(C)C(C(=O)Cl)C2=CC=CC(C)(C)C=C2)cc1. The summed E-state index contributed by atoms with van der Waals surface area (Å²) in [7, 11) is 0. The van der Waals surface area contributed by atoms with Crippen LogP contribution in [0, 0.1) is 11.3 Å². The topological polar surface area (TPSA) is 34.1 Å². The number of rotatable bonds is 6. The van der Waals surface area contributed by atoms with E-state index in [4.69, 9.17) is 11.6 Å². The van der Waals surface area contributed by atoms with Crippen LogP contribution in [0.5, 0.6) is 0 Å². The van der Waals surface area contributed by atoms with Gasteiger partial charge in [0.1, 0.15) is 0 Å². The van der Waals surface area contributed by atoms with E-state index in [0.717, 1.165) is 11.1 Å². The summed E-state index contributed by atoms with van der Waals surface area (Å²) < 4.78 is 0. The van der Waals surface area contributed by atoms with E-state index in [1.54, 1.807) is 0 Å². The summed E-state index contributed by atoms with van der Waals surface area (Å²) in [6, 6.07) is 7.49. The number of allylic oxidation sites excluding steroid dienone is 6. The second-order valence-electron chi connectivity index (χ2n) is 7.15. The molecule has 0 heterocycles. The van der Waals surface area contributed by atoms with Gasteiger partial charge < -0.3 is 0 Å². The largest absolute Gasteiger partial charge is 0.294 e. The molecule has 1 aromatic rings. The molecule has 0 N–H and O–H groups in total. The second kappa shape index (κ2) is 7.97. The Morgan fingerprint density at radius 2 is 1.76 bits per heavy atom. The minimum atomic E-state index is -0.427. The van der Waals surface area contributed by atoms with Gasteiger partial charge in [0.05, 0.1) is 5.92 Å². The van der Waals surface area contributed by atoms with Crippen molar-refractivity contribution in [2.75, 3.05) is 0 Å². The van der Waals surface area contributed by atoms with Gasteiger partial charge in [-0.15, -0.1) is 0 Å². The Morgan fingerprint density at radius 1 is 1.12 bits per heavy atom. The van der Waals surface area contributed by atoms with E-state index in [0.29, 0.717) is 12.0 Å². The first-order valence-corrected chi connectivity index (χ1v) is 9.04. The van der Waals surface area contributed by atoms with Crippen LogP contribution in [0.4, 0.5) is 0 Å². The zero-order chi connectivity index (χ0) is 18.6. The number of ketones is 1. The van der Waals surface area contributed by atoms with Gasteiger partial charge in [0, 0.05) is 17.4 Å². The molecule has 0 aliphatic heterocycles. The van der Waals surface area contributed by atoms with Crippen molar-refractivity contribution in [1.29, 1.82) is 0 Å². The number of hydrogen-bond acceptors (Lipinski definition) is 2. The van der Waals surface area contributed by atoms with Crippen molar-refractivity contribution < 1.29 is 9.59 Å². The molecule has 0 saturated heterocycles. The van der Waals surface area contributed by atoms with E-state index in [1.165, 1.54) is 0 Å². The van der Waals surface area contributed by atoms with Crippen LogP contribution in [0.1, 0.15) is 56.0 Å². The molecule has 2 rings (SSSR count). The van der Waals surface area contributed by atoms with E-state index in [1.807, 2.05) is 56.3 Å². The van der Waals surface area contributed by atoms with Crippen LogP contribution in [0.3, 0.4) is 0 Å². The Balaban J connectivity index is 2.31. The van der Waals surface area contributed by atoms with Crippen LogP contribution in [0.15, 0.2) is 60.2 Å². The lowest BCUT2D eigenvalue weighted by Crippen LogP contribution is -2.19. The minimum absolute atomic E-state index is 0.0520. The molecule has 0 bridgehead atoms. The zero-order valence-electron chi connectivity index (χ0n) is 15.3. The Kier molecular flexibility index (Phi) is 6.18. The molecular formula is C22H25ClO2. The van der Waals surface area contributed by atoms with Crippen LogP contribution in [0.2, 0.25) is 0 Å². The molecule has 3 heteroatoms. The van der Waals surface area contributed by atoms with Crippen LogP contribution in [-0.4, -0.2) is 11.0 Å². The van der Waals surface area contributed by atoms with Crippen LogP contribution >= 0.6 is 11.6 Å². The third-order valence-corrected chi connectivity index (χ3v) is 4.94. The molecule has 0 saturated carbocycles. The van der Waals surface area contributed by atoms with E-state index in [-0.39, 0.29) is 22.4 Å². The van der Waals surface area contributed by atoms with E-state index in [9.17, 15) is 9.59 Å². The van der Waals surface area contributed by atoms with Gasteiger partial charge in [-0.3, -0.25) is 9.59 Å². The fourth-order valence-electron chi connectivity index (χ4n) is 3.02. The van der Waals surface area contributed by atoms with E-state index < -0.39 is 5.92 Å². The van der Waals surface area contributed by atoms with E-state index in [2.05, 4.69) is 26.0 Å². The number of carbonyl (C=O) groups is 2. The molecule has 0 amide bonds. The van der Waals surface area contributed by atoms with Gasteiger partial charge in [0.25, 0.3) is 0 Å². The first kappa shape index (κ1) is 19.4. The fraction of sp³-hybridized carbons (Fsp3) is 0.364. The smallest absolute Gasteiger partial charge is 0.229 e. The summed E-state index contributed by atoms with van der Waals surface area (Å²) in [5.41, 5.74) is 2.55. The normalized spacial score (nSPS) is 18.2. The highest BCUT2D eigenvalue weighted by molar-refractivity contribution is 6.64. The zero-order valence-corrected chi connectivity index (χ0v) is 16.0.